The molecule has 0 spiro atoms. The number of aromatic amines is 1. The molecule has 1 aromatic carbocycles. The van der Waals surface area contributed by atoms with Crippen molar-refractivity contribution in [1.29, 1.82) is 0 Å². The number of carbonyl (C=O) groups excluding carboxylic acids is 1. The molecule has 0 aliphatic heterocycles. The zero-order chi connectivity index (χ0) is 19.7. The Labute approximate surface area is 163 Å². The van der Waals surface area contributed by atoms with Crippen molar-refractivity contribution in [2.24, 2.45) is 0 Å². The number of hydrogen-bond acceptors (Lipinski definition) is 7. The largest absolute Gasteiger partial charge is 0.444 e. The fraction of sp³-hybridized carbons (Fsp3) is 0.167. The van der Waals surface area contributed by atoms with E-state index in [1.54, 1.807) is 24.7 Å². The average Bonchev–Trinajstić information content (AvgIpc) is 3.29. The molecule has 10 heteroatoms. The number of fused-ring (bicyclic) bond motifs is 1. The first kappa shape index (κ1) is 18.0. The first-order chi connectivity index (χ1) is 13.5. The highest BCUT2D eigenvalue weighted by atomic mass is 32.2. The Morgan fingerprint density at radius 3 is 2.82 bits per heavy atom. The Kier molecular flexibility index (Phi) is 4.70. The highest BCUT2D eigenvalue weighted by Crippen LogP contribution is 2.28. The highest BCUT2D eigenvalue weighted by Gasteiger charge is 2.19. The minimum atomic E-state index is -0.413. The van der Waals surface area contributed by atoms with Crippen molar-refractivity contribution in [2.75, 3.05) is 11.1 Å². The number of anilines is 1. The maximum absolute atomic E-state index is 12.4. The number of nitrogens with one attached hydrogen (secondary N) is 2. The van der Waals surface area contributed by atoms with E-state index in [1.807, 2.05) is 30.3 Å². The molecule has 28 heavy (non-hydrogen) atoms. The first-order valence-corrected chi connectivity index (χ1v) is 9.39. The average molecular weight is 396 g/mol. The lowest BCUT2D eigenvalue weighted by atomic mass is 10.2. The number of para-hydroxylation sites is 1. The maximum Gasteiger partial charge on any atom is 0.277 e. The van der Waals surface area contributed by atoms with Crippen LogP contribution in [-0.2, 0) is 4.79 Å². The fourth-order valence-electron chi connectivity index (χ4n) is 2.91. The van der Waals surface area contributed by atoms with E-state index in [-0.39, 0.29) is 22.9 Å². The summed E-state index contributed by atoms with van der Waals surface area (Å²) in [6, 6.07) is 9.59. The molecule has 0 unspecified atom stereocenters. The molecule has 142 valence electrons. The minimum absolute atomic E-state index is 0.0781. The smallest absolute Gasteiger partial charge is 0.277 e. The third-order valence-electron chi connectivity index (χ3n) is 4.13. The lowest BCUT2D eigenvalue weighted by molar-refractivity contribution is -0.113. The van der Waals surface area contributed by atoms with Crippen molar-refractivity contribution in [2.45, 2.75) is 19.0 Å². The number of rotatable bonds is 5. The van der Waals surface area contributed by atoms with Crippen LogP contribution in [-0.4, -0.2) is 36.6 Å². The van der Waals surface area contributed by atoms with Gasteiger partial charge in [0.15, 0.2) is 5.16 Å². The molecule has 0 aliphatic rings. The number of benzene rings is 1. The van der Waals surface area contributed by atoms with E-state index in [4.69, 9.17) is 4.42 Å². The van der Waals surface area contributed by atoms with Crippen LogP contribution >= 0.6 is 11.8 Å². The molecule has 0 atom stereocenters. The summed E-state index contributed by atoms with van der Waals surface area (Å²) in [5.41, 5.74) is 1.11. The maximum atomic E-state index is 12.4. The number of carbonyl (C=O) groups is 1. The predicted molar refractivity (Wildman–Crippen MR) is 105 cm³/mol. The Morgan fingerprint density at radius 1 is 1.25 bits per heavy atom. The van der Waals surface area contributed by atoms with Crippen LogP contribution < -0.4 is 10.9 Å². The van der Waals surface area contributed by atoms with Crippen molar-refractivity contribution < 1.29 is 9.21 Å². The summed E-state index contributed by atoms with van der Waals surface area (Å²) in [6.45, 7) is 3.49. The van der Waals surface area contributed by atoms with Crippen molar-refractivity contribution in [1.82, 2.24) is 25.0 Å². The zero-order valence-electron chi connectivity index (χ0n) is 15.1. The van der Waals surface area contributed by atoms with Gasteiger partial charge in [-0.15, -0.1) is 10.2 Å². The van der Waals surface area contributed by atoms with Gasteiger partial charge in [-0.1, -0.05) is 30.0 Å². The number of furan rings is 1. The minimum Gasteiger partial charge on any atom is -0.444 e. The molecule has 4 aromatic rings. The Hall–Kier alpha value is -3.40. The monoisotopic (exact) mass is 396 g/mol. The summed E-state index contributed by atoms with van der Waals surface area (Å²) in [6.07, 6.45) is 1.59. The standard InChI is InChI=1S/C18H16N6O3S/c1-10-14-11(2)27-17(15(14)16(26)22-21-10)20-13(25)8-28-18-23-19-9-24(18)12-6-4-3-5-7-12/h3-7,9H,8H2,1-2H3,(H,20,25)(H,22,26). The Morgan fingerprint density at radius 2 is 2.04 bits per heavy atom. The van der Waals surface area contributed by atoms with Gasteiger partial charge in [-0.2, -0.15) is 5.10 Å². The van der Waals surface area contributed by atoms with E-state index in [0.717, 1.165) is 5.69 Å². The molecule has 3 heterocycles. The van der Waals surface area contributed by atoms with E-state index in [1.165, 1.54) is 11.8 Å². The summed E-state index contributed by atoms with van der Waals surface area (Å²) in [7, 11) is 0. The quantitative estimate of drug-likeness (QED) is 0.497. The van der Waals surface area contributed by atoms with Crippen LogP contribution in [0.1, 0.15) is 11.5 Å². The summed E-state index contributed by atoms with van der Waals surface area (Å²) in [5, 5.41) is 18.5. The van der Waals surface area contributed by atoms with Gasteiger partial charge in [0.25, 0.3) is 5.56 Å². The Bertz CT molecular complexity index is 1210. The third kappa shape index (κ3) is 3.29. The number of hydrogen-bond donors (Lipinski definition) is 2. The van der Waals surface area contributed by atoms with Crippen LogP contribution in [0.5, 0.6) is 0 Å². The molecule has 0 radical (unpaired) electrons. The summed E-state index contributed by atoms with van der Waals surface area (Å²) in [4.78, 5) is 24.6. The second-order valence-electron chi connectivity index (χ2n) is 6.03. The van der Waals surface area contributed by atoms with E-state index < -0.39 is 5.56 Å². The number of nitrogens with zero attached hydrogens (tertiary/aromatic N) is 4. The SMILES string of the molecule is Cc1n[nH]c(=O)c2c(NC(=O)CSc3nncn3-c3ccccc3)oc(C)c12. The van der Waals surface area contributed by atoms with Crippen molar-refractivity contribution in [3.05, 3.63) is 58.5 Å². The second kappa shape index (κ2) is 7.31. The predicted octanol–water partition coefficient (Wildman–Crippen LogP) is 2.44. The fourth-order valence-corrected chi connectivity index (χ4v) is 3.64. The Balaban J connectivity index is 1.51. The van der Waals surface area contributed by atoms with Gasteiger partial charge in [-0.25, -0.2) is 5.10 Å². The number of aromatic nitrogens is 5. The molecule has 0 fully saturated rings. The van der Waals surface area contributed by atoms with Gasteiger partial charge >= 0.3 is 0 Å². The van der Waals surface area contributed by atoms with E-state index in [0.29, 0.717) is 22.0 Å². The molecule has 2 N–H and O–H groups in total. The van der Waals surface area contributed by atoms with Crippen LogP contribution in [0.3, 0.4) is 0 Å². The van der Waals surface area contributed by atoms with Gasteiger partial charge in [0.05, 0.1) is 16.8 Å². The van der Waals surface area contributed by atoms with Crippen molar-refractivity contribution >= 4 is 34.3 Å². The van der Waals surface area contributed by atoms with E-state index in [9.17, 15) is 9.59 Å². The second-order valence-corrected chi connectivity index (χ2v) is 6.97. The molecule has 0 saturated heterocycles. The normalized spacial score (nSPS) is 11.1. The number of H-pyrrole nitrogens is 1. The first-order valence-electron chi connectivity index (χ1n) is 8.41. The van der Waals surface area contributed by atoms with Crippen LogP contribution in [0.4, 0.5) is 5.88 Å². The summed E-state index contributed by atoms with van der Waals surface area (Å²) >= 11 is 1.23. The third-order valence-corrected chi connectivity index (χ3v) is 5.08. The lowest BCUT2D eigenvalue weighted by Gasteiger charge is -2.06. The van der Waals surface area contributed by atoms with Gasteiger partial charge in [0.2, 0.25) is 11.8 Å². The van der Waals surface area contributed by atoms with E-state index in [2.05, 4.69) is 25.7 Å². The molecule has 4 rings (SSSR count). The zero-order valence-corrected chi connectivity index (χ0v) is 15.9. The summed E-state index contributed by atoms with van der Waals surface area (Å²) < 4.78 is 7.39. The summed E-state index contributed by atoms with van der Waals surface area (Å²) in [5.74, 6) is 0.402. The molecule has 0 bridgehead atoms. The molecular weight excluding hydrogens is 380 g/mol. The molecule has 3 aromatic heterocycles. The molecular formula is C18H16N6O3S. The molecule has 0 saturated carbocycles. The van der Waals surface area contributed by atoms with E-state index >= 15 is 0 Å². The van der Waals surface area contributed by atoms with Crippen LogP contribution in [0.2, 0.25) is 0 Å². The van der Waals surface area contributed by atoms with Crippen LogP contribution in [0.15, 0.2) is 51.0 Å². The van der Waals surface area contributed by atoms with Gasteiger partial charge in [0.1, 0.15) is 17.5 Å². The van der Waals surface area contributed by atoms with Crippen LogP contribution in [0, 0.1) is 13.8 Å². The van der Waals surface area contributed by atoms with Gasteiger partial charge in [-0.3, -0.25) is 19.5 Å². The molecule has 9 nitrogen and oxygen atoms in total. The van der Waals surface area contributed by atoms with Gasteiger partial charge in [0, 0.05) is 5.69 Å². The van der Waals surface area contributed by atoms with Crippen molar-refractivity contribution in [3.63, 3.8) is 0 Å². The number of thioether (sulfide) groups is 1. The molecule has 1 amide bonds. The van der Waals surface area contributed by atoms with Gasteiger partial charge < -0.3 is 4.42 Å². The number of amides is 1. The highest BCUT2D eigenvalue weighted by molar-refractivity contribution is 7.99. The number of aryl methyl sites for hydroxylation is 2. The van der Waals surface area contributed by atoms with Crippen molar-refractivity contribution in [3.8, 4) is 5.69 Å². The molecule has 0 aliphatic carbocycles. The topological polar surface area (TPSA) is 119 Å². The lowest BCUT2D eigenvalue weighted by Crippen LogP contribution is -2.16. The van der Waals surface area contributed by atoms with Crippen LogP contribution in [0.25, 0.3) is 16.5 Å². The van der Waals surface area contributed by atoms with Gasteiger partial charge in [-0.05, 0) is 26.0 Å².